The molecule has 0 amide bonds. The largest absolute Gasteiger partial charge is 0.505 e. The molecule has 22 heavy (non-hydrogen) atoms. The van der Waals surface area contributed by atoms with Gasteiger partial charge in [-0.3, -0.25) is 0 Å². The van der Waals surface area contributed by atoms with Crippen LogP contribution >= 0.6 is 15.9 Å². The van der Waals surface area contributed by atoms with Crippen LogP contribution in [-0.2, 0) is 0 Å². The van der Waals surface area contributed by atoms with E-state index in [1.807, 2.05) is 43.3 Å². The number of halogens is 1. The number of hydrogen-bond acceptors (Lipinski definition) is 4. The van der Waals surface area contributed by atoms with Gasteiger partial charge in [0.1, 0.15) is 11.4 Å². The van der Waals surface area contributed by atoms with E-state index in [2.05, 4.69) is 40.0 Å². The molecule has 1 N–H and O–H groups in total. The molecule has 0 aliphatic heterocycles. The van der Waals surface area contributed by atoms with Gasteiger partial charge in [-0.1, -0.05) is 13.8 Å². The van der Waals surface area contributed by atoms with Crippen LogP contribution in [-0.4, -0.2) is 11.7 Å². The van der Waals surface area contributed by atoms with Gasteiger partial charge < -0.3 is 9.84 Å². The molecule has 0 spiro atoms. The summed E-state index contributed by atoms with van der Waals surface area (Å²) in [5.74, 6) is 1.24. The first-order valence-electron chi connectivity index (χ1n) is 7.18. The highest BCUT2D eigenvalue weighted by molar-refractivity contribution is 9.10. The van der Waals surface area contributed by atoms with Gasteiger partial charge in [0, 0.05) is 0 Å². The SMILES string of the molecule is CCOc1ccc(N=Nc2cc(C(C)C)cc(Br)c2O)cc1. The lowest BCUT2D eigenvalue weighted by molar-refractivity contribution is 0.340. The average Bonchev–Trinajstić information content (AvgIpc) is 2.50. The summed E-state index contributed by atoms with van der Waals surface area (Å²) in [7, 11) is 0. The minimum absolute atomic E-state index is 0.0964. The zero-order valence-electron chi connectivity index (χ0n) is 12.9. The third kappa shape index (κ3) is 4.07. The quantitative estimate of drug-likeness (QED) is 0.653. The van der Waals surface area contributed by atoms with Crippen LogP contribution in [0.1, 0.15) is 32.3 Å². The maximum Gasteiger partial charge on any atom is 0.157 e. The molecule has 0 aliphatic carbocycles. The lowest BCUT2D eigenvalue weighted by atomic mass is 10.0. The molecule has 0 bridgehead atoms. The highest BCUT2D eigenvalue weighted by atomic mass is 79.9. The minimum atomic E-state index is 0.0964. The van der Waals surface area contributed by atoms with Crippen molar-refractivity contribution in [3.8, 4) is 11.5 Å². The van der Waals surface area contributed by atoms with E-state index in [9.17, 15) is 5.11 Å². The van der Waals surface area contributed by atoms with Crippen LogP contribution in [0.2, 0.25) is 0 Å². The van der Waals surface area contributed by atoms with Crippen LogP contribution in [0.4, 0.5) is 11.4 Å². The van der Waals surface area contributed by atoms with E-state index in [0.717, 1.165) is 11.3 Å². The molecule has 0 fully saturated rings. The van der Waals surface area contributed by atoms with Gasteiger partial charge in [-0.05, 0) is 70.7 Å². The first kappa shape index (κ1) is 16.5. The Morgan fingerprint density at radius 3 is 2.41 bits per heavy atom. The summed E-state index contributed by atoms with van der Waals surface area (Å²) in [4.78, 5) is 0. The Bertz CT molecular complexity index is 667. The number of hydrogen-bond donors (Lipinski definition) is 1. The Kier molecular flexibility index (Phi) is 5.55. The van der Waals surface area contributed by atoms with Gasteiger partial charge in [0.2, 0.25) is 0 Å². The molecule has 0 saturated carbocycles. The summed E-state index contributed by atoms with van der Waals surface area (Å²) in [5, 5.41) is 18.4. The molecule has 2 rings (SSSR count). The standard InChI is InChI=1S/C17H19BrN2O2/c1-4-22-14-7-5-13(6-8-14)19-20-16-10-12(11(2)3)9-15(18)17(16)21/h5-11,21H,4H2,1-3H3. The van der Waals surface area contributed by atoms with E-state index in [4.69, 9.17) is 4.74 Å². The number of phenolic OH excluding ortho intramolecular Hbond substituents is 1. The van der Waals surface area contributed by atoms with Crippen LogP contribution in [0.25, 0.3) is 0 Å². The number of aromatic hydroxyl groups is 1. The molecule has 0 aromatic heterocycles. The maximum absolute atomic E-state index is 10.1. The monoisotopic (exact) mass is 362 g/mol. The molecule has 0 aliphatic rings. The molecule has 0 saturated heterocycles. The lowest BCUT2D eigenvalue weighted by Gasteiger charge is -2.09. The van der Waals surface area contributed by atoms with Crippen molar-refractivity contribution in [2.75, 3.05) is 6.61 Å². The first-order chi connectivity index (χ1) is 10.5. The normalized spacial score (nSPS) is 11.3. The van der Waals surface area contributed by atoms with Gasteiger partial charge in [0.25, 0.3) is 0 Å². The fraction of sp³-hybridized carbons (Fsp3) is 0.294. The summed E-state index contributed by atoms with van der Waals surface area (Å²) in [5.41, 5.74) is 2.24. The molecule has 2 aromatic carbocycles. The van der Waals surface area contributed by atoms with Gasteiger partial charge in [-0.25, -0.2) is 0 Å². The highest BCUT2D eigenvalue weighted by Gasteiger charge is 2.10. The molecular weight excluding hydrogens is 344 g/mol. The van der Waals surface area contributed by atoms with Gasteiger partial charge in [0.05, 0.1) is 16.8 Å². The third-order valence-electron chi connectivity index (χ3n) is 3.15. The summed E-state index contributed by atoms with van der Waals surface area (Å²) >= 11 is 3.35. The van der Waals surface area contributed by atoms with Crippen molar-refractivity contribution in [1.82, 2.24) is 0 Å². The van der Waals surface area contributed by atoms with Crippen molar-refractivity contribution in [3.05, 3.63) is 46.4 Å². The molecule has 0 heterocycles. The number of azo groups is 1. The Morgan fingerprint density at radius 2 is 1.82 bits per heavy atom. The topological polar surface area (TPSA) is 54.2 Å². The Labute approximate surface area is 139 Å². The smallest absolute Gasteiger partial charge is 0.157 e. The summed E-state index contributed by atoms with van der Waals surface area (Å²) in [6.07, 6.45) is 0. The van der Waals surface area contributed by atoms with E-state index < -0.39 is 0 Å². The van der Waals surface area contributed by atoms with Crippen LogP contribution in [0.15, 0.2) is 51.1 Å². The van der Waals surface area contributed by atoms with Crippen molar-refractivity contribution < 1.29 is 9.84 Å². The van der Waals surface area contributed by atoms with Crippen LogP contribution in [0.3, 0.4) is 0 Å². The molecule has 0 atom stereocenters. The minimum Gasteiger partial charge on any atom is -0.505 e. The zero-order chi connectivity index (χ0) is 16.1. The molecule has 116 valence electrons. The van der Waals surface area contributed by atoms with Gasteiger partial charge >= 0.3 is 0 Å². The molecule has 4 nitrogen and oxygen atoms in total. The maximum atomic E-state index is 10.1. The van der Waals surface area contributed by atoms with Crippen LogP contribution < -0.4 is 4.74 Å². The van der Waals surface area contributed by atoms with E-state index in [1.54, 1.807) is 0 Å². The lowest BCUT2D eigenvalue weighted by Crippen LogP contribution is -1.89. The number of rotatable bonds is 5. The molecule has 2 aromatic rings. The molecule has 0 radical (unpaired) electrons. The second kappa shape index (κ2) is 7.40. The van der Waals surface area contributed by atoms with Crippen molar-refractivity contribution in [1.29, 1.82) is 0 Å². The molecular formula is C17H19BrN2O2. The number of nitrogens with zero attached hydrogens (tertiary/aromatic N) is 2. The van der Waals surface area contributed by atoms with Gasteiger partial charge in [0.15, 0.2) is 5.75 Å². The van der Waals surface area contributed by atoms with Crippen molar-refractivity contribution in [2.45, 2.75) is 26.7 Å². The molecule has 5 heteroatoms. The van der Waals surface area contributed by atoms with Crippen LogP contribution in [0, 0.1) is 0 Å². The second-order valence-electron chi connectivity index (χ2n) is 5.15. The molecule has 0 unspecified atom stereocenters. The van der Waals surface area contributed by atoms with Gasteiger partial charge in [-0.15, -0.1) is 5.11 Å². The summed E-state index contributed by atoms with van der Waals surface area (Å²) in [6.45, 7) is 6.75. The van der Waals surface area contributed by atoms with Crippen molar-refractivity contribution in [3.63, 3.8) is 0 Å². The average molecular weight is 363 g/mol. The van der Waals surface area contributed by atoms with E-state index >= 15 is 0 Å². The van der Waals surface area contributed by atoms with Crippen LogP contribution in [0.5, 0.6) is 11.5 Å². The number of phenols is 1. The summed E-state index contributed by atoms with van der Waals surface area (Å²) < 4.78 is 6.01. The fourth-order valence-electron chi connectivity index (χ4n) is 1.90. The predicted octanol–water partition coefficient (Wildman–Crippen LogP) is 6.09. The highest BCUT2D eigenvalue weighted by Crippen LogP contribution is 2.38. The predicted molar refractivity (Wildman–Crippen MR) is 91.7 cm³/mol. The van der Waals surface area contributed by atoms with E-state index in [0.29, 0.717) is 28.4 Å². The Balaban J connectivity index is 2.25. The first-order valence-corrected chi connectivity index (χ1v) is 7.97. The zero-order valence-corrected chi connectivity index (χ0v) is 14.5. The van der Waals surface area contributed by atoms with Gasteiger partial charge in [-0.2, -0.15) is 5.11 Å². The number of benzene rings is 2. The number of ether oxygens (including phenoxy) is 1. The second-order valence-corrected chi connectivity index (χ2v) is 6.01. The Morgan fingerprint density at radius 1 is 1.14 bits per heavy atom. The summed E-state index contributed by atoms with van der Waals surface area (Å²) in [6, 6.07) is 11.1. The fourth-order valence-corrected chi connectivity index (χ4v) is 2.37. The van der Waals surface area contributed by atoms with E-state index in [1.165, 1.54) is 0 Å². The van der Waals surface area contributed by atoms with Crippen molar-refractivity contribution in [2.24, 2.45) is 10.2 Å². The van der Waals surface area contributed by atoms with Crippen molar-refractivity contribution >= 4 is 27.3 Å². The van der Waals surface area contributed by atoms with E-state index in [-0.39, 0.29) is 5.75 Å². The third-order valence-corrected chi connectivity index (χ3v) is 3.76. The Hall–Kier alpha value is -1.88.